The molecular formula is C11H8N6O4. The van der Waals surface area contributed by atoms with Gasteiger partial charge in [-0.05, 0) is 12.1 Å². The van der Waals surface area contributed by atoms with E-state index in [-0.39, 0.29) is 29.3 Å². The second kappa shape index (κ2) is 5.66. The summed E-state index contributed by atoms with van der Waals surface area (Å²) in [5.41, 5.74) is 5.16. The van der Waals surface area contributed by atoms with E-state index in [4.69, 9.17) is 20.5 Å². The van der Waals surface area contributed by atoms with Crippen LogP contribution in [0.15, 0.2) is 18.2 Å². The smallest absolute Gasteiger partial charge is 0.330 e. The number of nitro groups is 1. The molecule has 1 aromatic heterocycles. The highest BCUT2D eigenvalue weighted by Crippen LogP contribution is 2.31. The van der Waals surface area contributed by atoms with Crippen LogP contribution in [0.25, 0.3) is 0 Å². The first-order valence-electron chi connectivity index (χ1n) is 5.45. The number of anilines is 1. The molecule has 0 spiro atoms. The highest BCUT2D eigenvalue weighted by Gasteiger charge is 2.18. The zero-order valence-corrected chi connectivity index (χ0v) is 10.7. The van der Waals surface area contributed by atoms with E-state index in [1.165, 1.54) is 19.2 Å². The van der Waals surface area contributed by atoms with Crippen LogP contribution in [-0.4, -0.2) is 27.0 Å². The highest BCUT2D eigenvalue weighted by molar-refractivity contribution is 5.52. The number of nitrogen functional groups attached to an aromatic ring is 1. The van der Waals surface area contributed by atoms with Gasteiger partial charge < -0.3 is 15.2 Å². The Morgan fingerprint density at radius 3 is 2.67 bits per heavy atom. The van der Waals surface area contributed by atoms with Gasteiger partial charge in [0.1, 0.15) is 0 Å². The van der Waals surface area contributed by atoms with Gasteiger partial charge in [-0.15, -0.1) is 4.98 Å². The number of hydrogen-bond acceptors (Lipinski definition) is 9. The van der Waals surface area contributed by atoms with Crippen molar-refractivity contribution in [3.8, 4) is 23.8 Å². The largest absolute Gasteiger partial charge is 0.467 e. The molecule has 2 rings (SSSR count). The monoisotopic (exact) mass is 288 g/mol. The van der Waals surface area contributed by atoms with E-state index in [1.54, 1.807) is 6.07 Å². The molecule has 1 aromatic carbocycles. The van der Waals surface area contributed by atoms with E-state index < -0.39 is 10.6 Å². The fraction of sp³-hybridized carbons (Fsp3) is 0.0909. The van der Waals surface area contributed by atoms with Gasteiger partial charge in [0.25, 0.3) is 0 Å². The first kappa shape index (κ1) is 13.9. The minimum absolute atomic E-state index is 0.0891. The number of nitro benzene ring substituents is 1. The molecule has 0 unspecified atom stereocenters. The summed E-state index contributed by atoms with van der Waals surface area (Å²) in [5, 5.41) is 19.7. The number of hydrogen-bond donors (Lipinski definition) is 1. The minimum Gasteiger partial charge on any atom is -0.467 e. The maximum Gasteiger partial charge on any atom is 0.330 e. The van der Waals surface area contributed by atoms with Gasteiger partial charge in [0.15, 0.2) is 0 Å². The van der Waals surface area contributed by atoms with Gasteiger partial charge in [-0.2, -0.15) is 15.2 Å². The summed E-state index contributed by atoms with van der Waals surface area (Å²) in [6, 6.07) is 5.17. The maximum absolute atomic E-state index is 11.0. The lowest BCUT2D eigenvalue weighted by atomic mass is 10.2. The number of nitrogens with zero attached hydrogens (tertiary/aromatic N) is 5. The molecule has 0 aliphatic rings. The molecule has 0 aliphatic carbocycles. The second-order valence-corrected chi connectivity index (χ2v) is 3.62. The molecule has 0 fully saturated rings. The van der Waals surface area contributed by atoms with Gasteiger partial charge in [-0.3, -0.25) is 10.1 Å². The summed E-state index contributed by atoms with van der Waals surface area (Å²) in [6.45, 7) is 0. The van der Waals surface area contributed by atoms with Crippen LogP contribution in [0, 0.1) is 21.4 Å². The molecule has 0 saturated heterocycles. The average molecular weight is 288 g/mol. The summed E-state index contributed by atoms with van der Waals surface area (Å²) in [7, 11) is 1.32. The van der Waals surface area contributed by atoms with Crippen LogP contribution in [-0.2, 0) is 0 Å². The quantitative estimate of drug-likeness (QED) is 0.642. The first-order valence-corrected chi connectivity index (χ1v) is 5.45. The molecule has 0 atom stereocenters. The zero-order valence-electron chi connectivity index (χ0n) is 10.7. The summed E-state index contributed by atoms with van der Waals surface area (Å²) >= 11 is 0. The summed E-state index contributed by atoms with van der Waals surface area (Å²) in [5.74, 6) is -0.292. The average Bonchev–Trinajstić information content (AvgIpc) is 2.46. The SMILES string of the molecule is COc1nc(N)nc(Oc2ccc(C#N)cc2[N+](=O)[O-])n1. The Hall–Kier alpha value is -3.48. The first-order chi connectivity index (χ1) is 10.0. The molecule has 2 N–H and O–H groups in total. The third-order valence-corrected chi connectivity index (χ3v) is 2.28. The van der Waals surface area contributed by atoms with Crippen LogP contribution in [0.5, 0.6) is 17.8 Å². The Morgan fingerprint density at radius 2 is 2.05 bits per heavy atom. The van der Waals surface area contributed by atoms with Crippen molar-refractivity contribution in [2.75, 3.05) is 12.8 Å². The molecular weight excluding hydrogens is 280 g/mol. The van der Waals surface area contributed by atoms with Crippen molar-refractivity contribution in [3.05, 3.63) is 33.9 Å². The predicted octanol–water partition coefficient (Wildman–Crippen LogP) is 1.03. The van der Waals surface area contributed by atoms with Crippen molar-refractivity contribution in [3.63, 3.8) is 0 Å². The third kappa shape index (κ3) is 3.10. The number of nitriles is 1. The molecule has 0 bridgehead atoms. The fourth-order valence-corrected chi connectivity index (χ4v) is 1.40. The molecule has 21 heavy (non-hydrogen) atoms. The Bertz CT molecular complexity index is 742. The minimum atomic E-state index is -0.683. The third-order valence-electron chi connectivity index (χ3n) is 2.28. The number of methoxy groups -OCH3 is 1. The lowest BCUT2D eigenvalue weighted by Gasteiger charge is -2.06. The molecule has 10 nitrogen and oxygen atoms in total. The molecule has 0 amide bonds. The standard InChI is InChI=1S/C11H8N6O4/c1-20-10-14-9(13)15-11(16-10)21-8-3-2-6(5-12)4-7(8)17(18)19/h2-4H,1H3,(H2,13,14,15,16). The predicted molar refractivity (Wildman–Crippen MR) is 68.7 cm³/mol. The zero-order chi connectivity index (χ0) is 15.4. The Balaban J connectivity index is 2.42. The lowest BCUT2D eigenvalue weighted by Crippen LogP contribution is -2.03. The number of benzene rings is 1. The second-order valence-electron chi connectivity index (χ2n) is 3.62. The fourth-order valence-electron chi connectivity index (χ4n) is 1.40. The van der Waals surface area contributed by atoms with E-state index in [2.05, 4.69) is 15.0 Å². The van der Waals surface area contributed by atoms with Crippen LogP contribution >= 0.6 is 0 Å². The van der Waals surface area contributed by atoms with E-state index in [0.717, 1.165) is 6.07 Å². The maximum atomic E-state index is 11.0. The van der Waals surface area contributed by atoms with Crippen LogP contribution in [0.1, 0.15) is 5.56 Å². The highest BCUT2D eigenvalue weighted by atomic mass is 16.6. The van der Waals surface area contributed by atoms with E-state index in [0.29, 0.717) is 0 Å². The van der Waals surface area contributed by atoms with Crippen LogP contribution in [0.3, 0.4) is 0 Å². The van der Waals surface area contributed by atoms with Crippen molar-refractivity contribution < 1.29 is 14.4 Å². The molecule has 0 aliphatic heterocycles. The molecule has 1 heterocycles. The summed E-state index contributed by atoms with van der Waals surface area (Å²) in [4.78, 5) is 21.4. The number of rotatable bonds is 4. The number of nitrogens with two attached hydrogens (primary N) is 1. The van der Waals surface area contributed by atoms with Gasteiger partial charge in [0.2, 0.25) is 11.7 Å². The van der Waals surface area contributed by atoms with Gasteiger partial charge in [0, 0.05) is 6.07 Å². The van der Waals surface area contributed by atoms with Gasteiger partial charge in [-0.25, -0.2) is 0 Å². The Morgan fingerprint density at radius 1 is 1.33 bits per heavy atom. The van der Waals surface area contributed by atoms with Crippen LogP contribution in [0.4, 0.5) is 11.6 Å². The Kier molecular flexibility index (Phi) is 3.76. The molecule has 2 aromatic rings. The van der Waals surface area contributed by atoms with Crippen LogP contribution < -0.4 is 15.2 Å². The topological polar surface area (TPSA) is 150 Å². The summed E-state index contributed by atoms with van der Waals surface area (Å²) in [6.07, 6.45) is 0. The number of ether oxygens (including phenoxy) is 2. The van der Waals surface area contributed by atoms with Crippen molar-refractivity contribution in [1.82, 2.24) is 15.0 Å². The number of aromatic nitrogens is 3. The van der Waals surface area contributed by atoms with Gasteiger partial charge in [0.05, 0.1) is 23.7 Å². The van der Waals surface area contributed by atoms with Crippen LogP contribution in [0.2, 0.25) is 0 Å². The Labute approximate surface area is 117 Å². The van der Waals surface area contributed by atoms with E-state index >= 15 is 0 Å². The molecule has 0 radical (unpaired) electrons. The normalized spacial score (nSPS) is 9.71. The van der Waals surface area contributed by atoms with Crippen molar-refractivity contribution >= 4 is 11.6 Å². The van der Waals surface area contributed by atoms with E-state index in [1.807, 2.05) is 0 Å². The van der Waals surface area contributed by atoms with Gasteiger partial charge in [-0.1, -0.05) is 0 Å². The van der Waals surface area contributed by atoms with E-state index in [9.17, 15) is 10.1 Å². The summed E-state index contributed by atoms with van der Waals surface area (Å²) < 4.78 is 10.0. The lowest BCUT2D eigenvalue weighted by molar-refractivity contribution is -0.385. The van der Waals surface area contributed by atoms with Crippen molar-refractivity contribution in [2.45, 2.75) is 0 Å². The van der Waals surface area contributed by atoms with Gasteiger partial charge >= 0.3 is 17.7 Å². The molecule has 0 saturated carbocycles. The van der Waals surface area contributed by atoms with Crippen molar-refractivity contribution in [2.24, 2.45) is 0 Å². The molecule has 106 valence electrons. The van der Waals surface area contributed by atoms with Crippen molar-refractivity contribution in [1.29, 1.82) is 5.26 Å². The molecule has 10 heteroatoms.